The number of rotatable bonds is 7. The molecule has 0 bridgehead atoms. The molecule has 1 unspecified atom stereocenters. The number of carbonyl (C=O) groups is 1. The van der Waals surface area contributed by atoms with Crippen molar-refractivity contribution in [1.29, 1.82) is 0 Å². The molecule has 1 aromatic rings. The third kappa shape index (κ3) is 5.01. The maximum atomic E-state index is 11.1. The van der Waals surface area contributed by atoms with E-state index in [4.69, 9.17) is 9.47 Å². The summed E-state index contributed by atoms with van der Waals surface area (Å²) in [7, 11) is 1.54. The highest BCUT2D eigenvalue weighted by molar-refractivity contribution is 5.70. The Hall–Kier alpha value is -1.82. The molecule has 0 radical (unpaired) electrons. The number of hydrogen-bond donors (Lipinski definition) is 2. The molecule has 0 aliphatic rings. The first-order valence-corrected chi connectivity index (χ1v) is 5.73. The van der Waals surface area contributed by atoms with Gasteiger partial charge in [-0.15, -0.1) is 0 Å². The monoisotopic (exact) mass is 254 g/mol. The highest BCUT2D eigenvalue weighted by Gasteiger charge is 2.11. The molecule has 0 aliphatic carbocycles. The largest absolute Gasteiger partial charge is 0.481 e. The van der Waals surface area contributed by atoms with Gasteiger partial charge in [-0.25, -0.2) is 4.98 Å². The maximum Gasteiger partial charge on any atom is 0.308 e. The molecule has 6 heteroatoms. The zero-order valence-electron chi connectivity index (χ0n) is 10.5. The van der Waals surface area contributed by atoms with E-state index < -0.39 is 12.1 Å². The standard InChI is InChI=1S/C12H18N2O4/c1-3-18-12(16)6-10(15)8-13-9-4-5-11(17-2)14-7-9/h4-5,7,10,13,15H,3,6,8H2,1-2H3. The quantitative estimate of drug-likeness (QED) is 0.701. The number of anilines is 1. The summed E-state index contributed by atoms with van der Waals surface area (Å²) in [5.41, 5.74) is 0.749. The van der Waals surface area contributed by atoms with E-state index >= 15 is 0 Å². The Morgan fingerprint density at radius 2 is 2.33 bits per heavy atom. The zero-order valence-corrected chi connectivity index (χ0v) is 10.5. The van der Waals surface area contributed by atoms with Gasteiger partial charge in [0, 0.05) is 12.6 Å². The summed E-state index contributed by atoms with van der Waals surface area (Å²) >= 11 is 0. The SMILES string of the molecule is CCOC(=O)CC(O)CNc1ccc(OC)nc1. The van der Waals surface area contributed by atoms with Gasteiger partial charge in [0.25, 0.3) is 0 Å². The molecule has 0 spiro atoms. The number of carbonyl (C=O) groups excluding carboxylic acids is 1. The highest BCUT2D eigenvalue weighted by atomic mass is 16.5. The molecule has 0 fully saturated rings. The molecule has 2 N–H and O–H groups in total. The van der Waals surface area contributed by atoms with Crippen molar-refractivity contribution in [3.05, 3.63) is 18.3 Å². The number of esters is 1. The van der Waals surface area contributed by atoms with E-state index in [0.717, 1.165) is 5.69 Å². The van der Waals surface area contributed by atoms with Crippen molar-refractivity contribution in [2.75, 3.05) is 25.6 Å². The van der Waals surface area contributed by atoms with Crippen LogP contribution in [0.1, 0.15) is 13.3 Å². The molecule has 100 valence electrons. The van der Waals surface area contributed by atoms with Crippen LogP contribution >= 0.6 is 0 Å². The second-order valence-electron chi connectivity index (χ2n) is 3.63. The summed E-state index contributed by atoms with van der Waals surface area (Å²) in [6.45, 7) is 2.31. The molecule has 1 rings (SSSR count). The molecule has 1 aromatic heterocycles. The Labute approximate surface area is 106 Å². The lowest BCUT2D eigenvalue weighted by atomic mass is 10.2. The van der Waals surface area contributed by atoms with E-state index in [0.29, 0.717) is 12.5 Å². The number of ether oxygens (including phenoxy) is 2. The Balaban J connectivity index is 2.32. The van der Waals surface area contributed by atoms with Gasteiger partial charge in [-0.1, -0.05) is 0 Å². The molecule has 0 amide bonds. The van der Waals surface area contributed by atoms with Crippen molar-refractivity contribution in [3.8, 4) is 5.88 Å². The van der Waals surface area contributed by atoms with Gasteiger partial charge >= 0.3 is 5.97 Å². The fourth-order valence-corrected chi connectivity index (χ4v) is 1.33. The summed E-state index contributed by atoms with van der Waals surface area (Å²) in [5.74, 6) is 0.118. The maximum absolute atomic E-state index is 11.1. The summed E-state index contributed by atoms with van der Waals surface area (Å²) < 4.78 is 9.66. The minimum absolute atomic E-state index is 0.0234. The average Bonchev–Trinajstić information content (AvgIpc) is 2.37. The van der Waals surface area contributed by atoms with Crippen LogP contribution in [0.4, 0.5) is 5.69 Å². The number of pyridine rings is 1. The van der Waals surface area contributed by atoms with Crippen LogP contribution in [-0.4, -0.2) is 42.4 Å². The lowest BCUT2D eigenvalue weighted by Gasteiger charge is -2.12. The van der Waals surface area contributed by atoms with E-state index in [9.17, 15) is 9.90 Å². The van der Waals surface area contributed by atoms with Crippen LogP contribution in [0.15, 0.2) is 18.3 Å². The van der Waals surface area contributed by atoms with E-state index in [-0.39, 0.29) is 13.0 Å². The number of aliphatic hydroxyl groups is 1. The van der Waals surface area contributed by atoms with Crippen molar-refractivity contribution in [3.63, 3.8) is 0 Å². The number of aliphatic hydroxyl groups excluding tert-OH is 1. The fourth-order valence-electron chi connectivity index (χ4n) is 1.33. The van der Waals surface area contributed by atoms with Gasteiger partial charge in [-0.05, 0) is 13.0 Å². The Kier molecular flexibility index (Phi) is 5.93. The van der Waals surface area contributed by atoms with Crippen LogP contribution in [0.2, 0.25) is 0 Å². The van der Waals surface area contributed by atoms with Gasteiger partial charge < -0.3 is 19.9 Å². The second kappa shape index (κ2) is 7.50. The van der Waals surface area contributed by atoms with Crippen LogP contribution in [0.5, 0.6) is 5.88 Å². The van der Waals surface area contributed by atoms with Crippen molar-refractivity contribution < 1.29 is 19.4 Å². The Morgan fingerprint density at radius 3 is 2.89 bits per heavy atom. The number of methoxy groups -OCH3 is 1. The Bertz CT molecular complexity index is 367. The van der Waals surface area contributed by atoms with Gasteiger partial charge in [0.05, 0.1) is 38.1 Å². The molecule has 0 saturated carbocycles. The predicted molar refractivity (Wildman–Crippen MR) is 66.5 cm³/mol. The molecule has 1 heterocycles. The van der Waals surface area contributed by atoms with E-state index in [1.165, 1.54) is 0 Å². The zero-order chi connectivity index (χ0) is 13.4. The van der Waals surface area contributed by atoms with E-state index in [1.54, 1.807) is 32.4 Å². The second-order valence-corrected chi connectivity index (χ2v) is 3.63. The van der Waals surface area contributed by atoms with Crippen LogP contribution in [0.25, 0.3) is 0 Å². The highest BCUT2D eigenvalue weighted by Crippen LogP contribution is 2.11. The van der Waals surface area contributed by atoms with Crippen LogP contribution in [0.3, 0.4) is 0 Å². The van der Waals surface area contributed by atoms with Gasteiger partial charge in [-0.3, -0.25) is 4.79 Å². The topological polar surface area (TPSA) is 80.7 Å². The minimum atomic E-state index is -0.786. The van der Waals surface area contributed by atoms with E-state index in [1.807, 2.05) is 0 Å². The molecular formula is C12H18N2O4. The fraction of sp³-hybridized carbons (Fsp3) is 0.500. The molecule has 0 saturated heterocycles. The third-order valence-electron chi connectivity index (χ3n) is 2.19. The molecule has 1 atom stereocenters. The third-order valence-corrected chi connectivity index (χ3v) is 2.19. The first-order chi connectivity index (χ1) is 8.65. The van der Waals surface area contributed by atoms with Crippen LogP contribution in [0, 0.1) is 0 Å². The van der Waals surface area contributed by atoms with Crippen molar-refractivity contribution in [2.45, 2.75) is 19.4 Å². The molecule has 6 nitrogen and oxygen atoms in total. The molecular weight excluding hydrogens is 236 g/mol. The van der Waals surface area contributed by atoms with Crippen molar-refractivity contribution in [1.82, 2.24) is 4.98 Å². The number of hydrogen-bond acceptors (Lipinski definition) is 6. The predicted octanol–water partition coefficient (Wildman–Crippen LogP) is 0.816. The van der Waals surface area contributed by atoms with Crippen LogP contribution in [-0.2, 0) is 9.53 Å². The minimum Gasteiger partial charge on any atom is -0.481 e. The average molecular weight is 254 g/mol. The van der Waals surface area contributed by atoms with Gasteiger partial charge in [-0.2, -0.15) is 0 Å². The van der Waals surface area contributed by atoms with Crippen LogP contribution < -0.4 is 10.1 Å². The van der Waals surface area contributed by atoms with Gasteiger partial charge in [0.1, 0.15) is 0 Å². The molecule has 18 heavy (non-hydrogen) atoms. The summed E-state index contributed by atoms with van der Waals surface area (Å²) in [6.07, 6.45) is 0.784. The van der Waals surface area contributed by atoms with Crippen molar-refractivity contribution in [2.24, 2.45) is 0 Å². The lowest BCUT2D eigenvalue weighted by molar-refractivity contribution is -0.145. The number of nitrogens with zero attached hydrogens (tertiary/aromatic N) is 1. The smallest absolute Gasteiger partial charge is 0.308 e. The van der Waals surface area contributed by atoms with Crippen molar-refractivity contribution >= 4 is 11.7 Å². The first kappa shape index (κ1) is 14.2. The van der Waals surface area contributed by atoms with Gasteiger partial charge in [0.15, 0.2) is 0 Å². The normalized spacial score (nSPS) is 11.7. The summed E-state index contributed by atoms with van der Waals surface area (Å²) in [5, 5.41) is 12.6. The molecule has 0 aliphatic heterocycles. The first-order valence-electron chi connectivity index (χ1n) is 5.73. The number of aromatic nitrogens is 1. The summed E-state index contributed by atoms with van der Waals surface area (Å²) in [4.78, 5) is 15.1. The number of nitrogens with one attached hydrogen (secondary N) is 1. The van der Waals surface area contributed by atoms with Gasteiger partial charge in [0.2, 0.25) is 5.88 Å². The van der Waals surface area contributed by atoms with E-state index in [2.05, 4.69) is 10.3 Å². The Morgan fingerprint density at radius 1 is 1.56 bits per heavy atom. The lowest BCUT2D eigenvalue weighted by Crippen LogP contribution is -2.23. The molecule has 0 aromatic carbocycles. The summed E-state index contributed by atoms with van der Waals surface area (Å²) in [6, 6.07) is 3.49.